The van der Waals surface area contributed by atoms with E-state index in [2.05, 4.69) is 10.6 Å². The van der Waals surface area contributed by atoms with Crippen LogP contribution >= 0.6 is 23.2 Å². The Balaban J connectivity index is 1.56. The topological polar surface area (TPSA) is 61.4 Å². The van der Waals surface area contributed by atoms with E-state index in [4.69, 9.17) is 23.2 Å². The first-order valence-corrected chi connectivity index (χ1v) is 15.1. The van der Waals surface area contributed by atoms with E-state index in [-0.39, 0.29) is 30.2 Å². The first-order chi connectivity index (χ1) is 18.8. The third-order valence-corrected chi connectivity index (χ3v) is 9.50. The van der Waals surface area contributed by atoms with Gasteiger partial charge in [0.25, 0.3) is 5.91 Å². The van der Waals surface area contributed by atoms with Gasteiger partial charge in [0.05, 0.1) is 35.7 Å². The predicted octanol–water partition coefficient (Wildman–Crippen LogP) is 5.15. The van der Waals surface area contributed by atoms with Gasteiger partial charge in [-0.1, -0.05) is 59.6 Å². The summed E-state index contributed by atoms with van der Waals surface area (Å²) in [6.07, 6.45) is 6.29. The van der Waals surface area contributed by atoms with E-state index in [1.165, 1.54) is 0 Å². The second kappa shape index (κ2) is 14.1. The van der Waals surface area contributed by atoms with Crippen molar-refractivity contribution >= 4 is 34.9 Å². The minimum Gasteiger partial charge on any atom is -0.344 e. The molecule has 212 valence electrons. The van der Waals surface area contributed by atoms with Crippen LogP contribution in [0.3, 0.4) is 0 Å². The van der Waals surface area contributed by atoms with Crippen LogP contribution in [0.15, 0.2) is 48.5 Å². The molecule has 3 unspecified atom stereocenters. The van der Waals surface area contributed by atoms with Crippen molar-refractivity contribution in [3.8, 4) is 0 Å². The predicted molar refractivity (Wildman–Crippen MR) is 160 cm³/mol. The van der Waals surface area contributed by atoms with Gasteiger partial charge in [0.2, 0.25) is 0 Å². The number of amides is 1. The lowest BCUT2D eigenvalue weighted by Crippen LogP contribution is -2.69. The number of carbonyl (C=O) groups excluding carboxylic acids is 2. The maximum Gasteiger partial charge on any atom is 0.280 e. The number of nitrogens with zero attached hydrogens (tertiary/aromatic N) is 2. The molecule has 1 amide bonds. The van der Waals surface area contributed by atoms with E-state index in [1.54, 1.807) is 4.90 Å². The van der Waals surface area contributed by atoms with Gasteiger partial charge in [-0.05, 0) is 30.5 Å². The highest BCUT2D eigenvalue weighted by molar-refractivity contribution is 6.42. The van der Waals surface area contributed by atoms with E-state index in [0.717, 1.165) is 74.8 Å². The van der Waals surface area contributed by atoms with E-state index in [9.17, 15) is 9.59 Å². The summed E-state index contributed by atoms with van der Waals surface area (Å²) in [5, 5.41) is 8.03. The summed E-state index contributed by atoms with van der Waals surface area (Å²) in [6, 6.07) is 15.7. The van der Waals surface area contributed by atoms with Gasteiger partial charge in [0, 0.05) is 70.9 Å². The lowest BCUT2D eigenvalue weighted by Gasteiger charge is -2.53. The minimum absolute atomic E-state index is 0.000997. The van der Waals surface area contributed by atoms with Crippen LogP contribution in [0.5, 0.6) is 0 Å². The van der Waals surface area contributed by atoms with Crippen molar-refractivity contribution in [1.82, 2.24) is 15.5 Å². The molecule has 4 rings (SSSR count). The summed E-state index contributed by atoms with van der Waals surface area (Å²) >= 11 is 12.7. The summed E-state index contributed by atoms with van der Waals surface area (Å²) in [4.78, 5) is 28.1. The number of hydrogen-bond donors (Lipinski definition) is 2. The minimum atomic E-state index is -0.000997. The first kappa shape index (κ1) is 30.0. The number of ketones is 1. The molecule has 6 nitrogen and oxygen atoms in total. The van der Waals surface area contributed by atoms with Crippen LogP contribution in [0.4, 0.5) is 0 Å². The molecule has 0 bridgehead atoms. The van der Waals surface area contributed by atoms with E-state index >= 15 is 0 Å². The number of rotatable bonds is 11. The summed E-state index contributed by atoms with van der Waals surface area (Å²) < 4.78 is 0.874. The van der Waals surface area contributed by atoms with Crippen molar-refractivity contribution in [2.24, 2.45) is 0 Å². The zero-order valence-corrected chi connectivity index (χ0v) is 24.8. The van der Waals surface area contributed by atoms with Crippen LogP contribution in [-0.4, -0.2) is 86.5 Å². The molecular formula is C31H43Cl2N4O2+. The van der Waals surface area contributed by atoms with Gasteiger partial charge in [-0.25, -0.2) is 0 Å². The van der Waals surface area contributed by atoms with Crippen molar-refractivity contribution < 1.29 is 14.1 Å². The average Bonchev–Trinajstić information content (AvgIpc) is 2.96. The number of halogens is 2. The lowest BCUT2D eigenvalue weighted by atomic mass is 9.87. The monoisotopic (exact) mass is 573 g/mol. The average molecular weight is 575 g/mol. The zero-order valence-electron chi connectivity index (χ0n) is 23.3. The van der Waals surface area contributed by atoms with E-state index in [0.29, 0.717) is 28.2 Å². The molecule has 0 saturated carbocycles. The van der Waals surface area contributed by atoms with Crippen LogP contribution in [0.2, 0.25) is 10.0 Å². The number of hydrogen-bond acceptors (Lipinski definition) is 4. The zero-order chi connectivity index (χ0) is 27.8. The van der Waals surface area contributed by atoms with Gasteiger partial charge < -0.3 is 20.0 Å². The molecule has 0 spiro atoms. The molecule has 0 aliphatic carbocycles. The van der Waals surface area contributed by atoms with Crippen molar-refractivity contribution in [1.29, 1.82) is 0 Å². The Morgan fingerprint density at radius 1 is 1.03 bits per heavy atom. The van der Waals surface area contributed by atoms with E-state index in [1.807, 2.05) is 62.6 Å². The Kier molecular flexibility index (Phi) is 10.8. The normalized spacial score (nSPS) is 22.8. The number of carbonyl (C=O) groups is 2. The molecular weight excluding hydrogens is 531 g/mol. The fourth-order valence-electron chi connectivity index (χ4n) is 6.64. The Hall–Kier alpha value is -1.96. The fourth-order valence-corrected chi connectivity index (χ4v) is 6.95. The summed E-state index contributed by atoms with van der Waals surface area (Å²) in [5.74, 6) is 0.470. The SMILES string of the molecule is CN(C)C(=O)C1CCCC[N+]1(CCC(CNCC(=O)c1ccccc1)c1ccc(Cl)c(Cl)c1)C1CCNCC1. The second-order valence-electron chi connectivity index (χ2n) is 11.4. The highest BCUT2D eigenvalue weighted by Gasteiger charge is 2.49. The summed E-state index contributed by atoms with van der Waals surface area (Å²) in [7, 11) is 3.78. The van der Waals surface area contributed by atoms with Gasteiger partial charge in [-0.3, -0.25) is 9.59 Å². The van der Waals surface area contributed by atoms with Crippen molar-refractivity contribution in [2.45, 2.75) is 56.5 Å². The maximum absolute atomic E-state index is 13.5. The largest absolute Gasteiger partial charge is 0.344 e. The molecule has 2 aromatic carbocycles. The highest BCUT2D eigenvalue weighted by Crippen LogP contribution is 2.36. The molecule has 3 atom stereocenters. The van der Waals surface area contributed by atoms with Crippen LogP contribution in [0, 0.1) is 0 Å². The third-order valence-electron chi connectivity index (χ3n) is 8.77. The summed E-state index contributed by atoms with van der Waals surface area (Å²) in [6.45, 7) is 4.91. The molecule has 2 saturated heterocycles. The molecule has 2 N–H and O–H groups in total. The molecule has 2 aliphatic rings. The number of Topliss-reactive ketones (excluding diaryl/α,β-unsaturated/α-hetero) is 1. The number of nitrogens with one attached hydrogen (secondary N) is 2. The number of piperidine rings is 2. The first-order valence-electron chi connectivity index (χ1n) is 14.3. The maximum atomic E-state index is 13.5. The Morgan fingerprint density at radius 2 is 1.77 bits per heavy atom. The molecule has 2 aliphatic heterocycles. The lowest BCUT2D eigenvalue weighted by molar-refractivity contribution is -0.971. The highest BCUT2D eigenvalue weighted by atomic mass is 35.5. The van der Waals surface area contributed by atoms with Crippen molar-refractivity contribution in [3.05, 3.63) is 69.7 Å². The fraction of sp³-hybridized carbons (Fsp3) is 0.548. The molecule has 0 radical (unpaired) electrons. The van der Waals surface area contributed by atoms with Crippen LogP contribution < -0.4 is 10.6 Å². The Morgan fingerprint density at radius 3 is 2.46 bits per heavy atom. The smallest absolute Gasteiger partial charge is 0.280 e. The van der Waals surface area contributed by atoms with Gasteiger partial charge in [-0.2, -0.15) is 0 Å². The molecule has 2 aromatic rings. The molecule has 8 heteroatoms. The van der Waals surface area contributed by atoms with Crippen LogP contribution in [0.25, 0.3) is 0 Å². The molecule has 0 aromatic heterocycles. The number of benzene rings is 2. The van der Waals surface area contributed by atoms with Gasteiger partial charge >= 0.3 is 0 Å². The van der Waals surface area contributed by atoms with Crippen molar-refractivity contribution in [3.63, 3.8) is 0 Å². The van der Waals surface area contributed by atoms with Crippen LogP contribution in [-0.2, 0) is 4.79 Å². The van der Waals surface area contributed by atoms with E-state index < -0.39 is 0 Å². The Bertz CT molecular complexity index is 1110. The van der Waals surface area contributed by atoms with Gasteiger partial charge in [-0.15, -0.1) is 0 Å². The molecule has 2 heterocycles. The Labute approximate surface area is 243 Å². The van der Waals surface area contributed by atoms with Crippen LogP contribution in [0.1, 0.15) is 60.4 Å². The van der Waals surface area contributed by atoms with Gasteiger partial charge in [0.15, 0.2) is 11.8 Å². The third kappa shape index (κ3) is 7.42. The number of likely N-dealkylation sites (N-methyl/N-ethyl adjacent to an activating group) is 1. The standard InChI is InChI=1S/C31H43Cl2N4O2/c1-36(2)31(39)29-10-6-7-18-37(29,26-13-16-34-17-14-26)19-15-25(24-11-12-27(32)28(33)20-24)21-35-22-30(38)23-8-4-3-5-9-23/h3-5,8-9,11-12,20,25-26,29,34-35H,6-7,10,13-19,21-22H2,1-2H3/q+1. The van der Waals surface area contributed by atoms with Crippen molar-refractivity contribution in [2.75, 3.05) is 53.4 Å². The van der Waals surface area contributed by atoms with Gasteiger partial charge in [0.1, 0.15) is 0 Å². The number of likely N-dealkylation sites (tertiary alicyclic amines) is 1. The quantitative estimate of drug-likeness (QED) is 0.288. The molecule has 2 fully saturated rings. The summed E-state index contributed by atoms with van der Waals surface area (Å²) in [5.41, 5.74) is 1.82. The molecule has 39 heavy (non-hydrogen) atoms. The number of quaternary nitrogens is 1. The second-order valence-corrected chi connectivity index (χ2v) is 12.2.